The Bertz CT molecular complexity index is 583. The van der Waals surface area contributed by atoms with Crippen molar-refractivity contribution in [3.05, 3.63) is 34.4 Å². The summed E-state index contributed by atoms with van der Waals surface area (Å²) in [4.78, 5) is 10.1. The summed E-state index contributed by atoms with van der Waals surface area (Å²) in [5.41, 5.74) is -0.0546. The van der Waals surface area contributed by atoms with Gasteiger partial charge in [0, 0.05) is 18.6 Å². The van der Waals surface area contributed by atoms with Crippen molar-refractivity contribution in [2.75, 3.05) is 12.8 Å². The van der Waals surface area contributed by atoms with Crippen LogP contribution in [-0.2, 0) is 9.09 Å². The zero-order valence-corrected chi connectivity index (χ0v) is 14.0. The van der Waals surface area contributed by atoms with Crippen LogP contribution in [-0.4, -0.2) is 17.7 Å². The molecule has 0 saturated carbocycles. The fourth-order valence-electron chi connectivity index (χ4n) is 1.99. The maximum absolute atomic E-state index is 12.7. The van der Waals surface area contributed by atoms with E-state index in [2.05, 4.69) is 6.07 Å². The molecule has 1 rings (SSSR count). The van der Waals surface area contributed by atoms with Gasteiger partial charge in [0.05, 0.1) is 23.8 Å². The van der Waals surface area contributed by atoms with Crippen molar-refractivity contribution in [2.24, 2.45) is 0 Å². The van der Waals surface area contributed by atoms with Gasteiger partial charge in [0.2, 0.25) is 0 Å². The minimum atomic E-state index is -3.27. The molecule has 8 heteroatoms. The second-order valence-corrected chi connectivity index (χ2v) is 7.03. The highest BCUT2D eigenvalue weighted by Crippen LogP contribution is 2.49. The Morgan fingerprint density at radius 2 is 1.87 bits per heavy atom. The fourth-order valence-corrected chi connectivity index (χ4v) is 3.71. The maximum atomic E-state index is 12.7. The van der Waals surface area contributed by atoms with E-state index >= 15 is 0 Å². The minimum absolute atomic E-state index is 0.0546. The molecule has 0 fully saturated rings. The largest absolute Gasteiger partial charge is 0.424 e. The van der Waals surface area contributed by atoms with Crippen LogP contribution in [0.2, 0.25) is 0 Å². The predicted octanol–water partition coefficient (Wildman–Crippen LogP) is 4.68. The molecule has 0 aromatic heterocycles. The van der Waals surface area contributed by atoms with Gasteiger partial charge in [-0.2, -0.15) is 5.26 Å². The molecule has 0 N–H and O–H groups in total. The molecular formula is C15H21N2O5P. The molecule has 0 aliphatic carbocycles. The number of rotatable bonds is 11. The number of nitriles is 1. The van der Waals surface area contributed by atoms with Gasteiger partial charge >= 0.3 is 7.60 Å². The van der Waals surface area contributed by atoms with Gasteiger partial charge in [-0.1, -0.05) is 12.8 Å². The molecule has 0 heterocycles. The summed E-state index contributed by atoms with van der Waals surface area (Å²) in [6.45, 7) is 2.00. The van der Waals surface area contributed by atoms with E-state index in [1.54, 1.807) is 6.92 Å². The molecule has 0 spiro atoms. The first kappa shape index (κ1) is 19.1. The lowest BCUT2D eigenvalue weighted by Gasteiger charge is -2.18. The minimum Gasteiger partial charge on any atom is -0.424 e. The molecule has 0 radical (unpaired) electrons. The number of nitrogens with zero attached hydrogens (tertiary/aromatic N) is 2. The topological polar surface area (TPSA) is 102 Å². The van der Waals surface area contributed by atoms with Crippen molar-refractivity contribution in [2.45, 2.75) is 39.0 Å². The van der Waals surface area contributed by atoms with Gasteiger partial charge in [-0.05, 0) is 31.9 Å². The first-order valence-corrected chi connectivity index (χ1v) is 9.28. The summed E-state index contributed by atoms with van der Waals surface area (Å²) < 4.78 is 23.4. The average Bonchev–Trinajstić information content (AvgIpc) is 2.51. The predicted molar refractivity (Wildman–Crippen MR) is 86.5 cm³/mol. The Hall–Kier alpha value is -1.90. The lowest BCUT2D eigenvalue weighted by molar-refractivity contribution is -0.384. The van der Waals surface area contributed by atoms with Gasteiger partial charge in [-0.25, -0.2) is 4.57 Å². The van der Waals surface area contributed by atoms with E-state index in [-0.39, 0.29) is 24.2 Å². The fraction of sp³-hybridized carbons (Fsp3) is 0.533. The Labute approximate surface area is 135 Å². The van der Waals surface area contributed by atoms with Gasteiger partial charge in [-0.3, -0.25) is 10.1 Å². The standard InChI is InChI=1S/C15H21N2O5P/c1-2-21-23(20,13-7-5-3-4-6-12-16)22-15-10-8-14(9-11-15)17(18)19/h8-11H,2-7,13H2,1H3. The summed E-state index contributed by atoms with van der Waals surface area (Å²) in [7, 11) is -3.27. The summed E-state index contributed by atoms with van der Waals surface area (Å²) >= 11 is 0. The second kappa shape index (κ2) is 9.98. The Morgan fingerprint density at radius 3 is 2.43 bits per heavy atom. The molecule has 23 heavy (non-hydrogen) atoms. The highest BCUT2D eigenvalue weighted by Gasteiger charge is 2.25. The zero-order chi connectivity index (χ0) is 17.1. The van der Waals surface area contributed by atoms with Crippen molar-refractivity contribution < 1.29 is 18.5 Å². The SMILES string of the molecule is CCOP(=O)(CCCCCCC#N)Oc1ccc([N+](=O)[O-])cc1. The zero-order valence-electron chi connectivity index (χ0n) is 13.1. The lowest BCUT2D eigenvalue weighted by Crippen LogP contribution is -2.03. The van der Waals surface area contributed by atoms with E-state index in [0.29, 0.717) is 12.8 Å². The number of unbranched alkanes of at least 4 members (excludes halogenated alkanes) is 4. The van der Waals surface area contributed by atoms with Crippen molar-refractivity contribution >= 4 is 13.3 Å². The van der Waals surface area contributed by atoms with E-state index in [4.69, 9.17) is 14.3 Å². The van der Waals surface area contributed by atoms with Gasteiger partial charge < -0.3 is 9.05 Å². The number of nitro benzene ring substituents is 1. The van der Waals surface area contributed by atoms with Crippen LogP contribution in [0, 0.1) is 21.4 Å². The third-order valence-corrected chi connectivity index (χ3v) is 5.09. The van der Waals surface area contributed by atoms with Crippen molar-refractivity contribution in [3.8, 4) is 11.8 Å². The van der Waals surface area contributed by atoms with Crippen molar-refractivity contribution in [3.63, 3.8) is 0 Å². The van der Waals surface area contributed by atoms with Gasteiger partial charge in [0.25, 0.3) is 5.69 Å². The molecule has 1 atom stereocenters. The molecule has 0 saturated heterocycles. The van der Waals surface area contributed by atoms with Crippen LogP contribution in [0.4, 0.5) is 5.69 Å². The molecular weight excluding hydrogens is 319 g/mol. The van der Waals surface area contributed by atoms with Crippen LogP contribution in [0.15, 0.2) is 24.3 Å². The lowest BCUT2D eigenvalue weighted by atomic mass is 10.2. The molecule has 126 valence electrons. The van der Waals surface area contributed by atoms with Crippen LogP contribution in [0.1, 0.15) is 39.0 Å². The number of hydrogen-bond acceptors (Lipinski definition) is 6. The third-order valence-electron chi connectivity index (χ3n) is 3.09. The number of hydrogen-bond donors (Lipinski definition) is 0. The summed E-state index contributed by atoms with van der Waals surface area (Å²) in [5.74, 6) is 0.289. The second-order valence-electron chi connectivity index (χ2n) is 4.92. The van der Waals surface area contributed by atoms with E-state index in [9.17, 15) is 14.7 Å². The van der Waals surface area contributed by atoms with E-state index in [1.165, 1.54) is 24.3 Å². The maximum Gasteiger partial charge on any atom is 0.379 e. The van der Waals surface area contributed by atoms with Crippen LogP contribution in [0.25, 0.3) is 0 Å². The quantitative estimate of drug-likeness (QED) is 0.251. The summed E-state index contributed by atoms with van der Waals surface area (Å²) in [6.07, 6.45) is 4.07. The van der Waals surface area contributed by atoms with Crippen LogP contribution in [0.5, 0.6) is 5.75 Å². The van der Waals surface area contributed by atoms with E-state index < -0.39 is 12.5 Å². The highest BCUT2D eigenvalue weighted by atomic mass is 31.2. The molecule has 1 aromatic carbocycles. The van der Waals surface area contributed by atoms with Crippen LogP contribution >= 0.6 is 7.60 Å². The van der Waals surface area contributed by atoms with Crippen LogP contribution in [0.3, 0.4) is 0 Å². The smallest absolute Gasteiger partial charge is 0.379 e. The monoisotopic (exact) mass is 340 g/mol. The number of benzene rings is 1. The Morgan fingerprint density at radius 1 is 1.22 bits per heavy atom. The van der Waals surface area contributed by atoms with E-state index in [1.807, 2.05) is 0 Å². The molecule has 0 aliphatic heterocycles. The molecule has 0 amide bonds. The van der Waals surface area contributed by atoms with Gasteiger partial charge in [-0.15, -0.1) is 0 Å². The van der Waals surface area contributed by atoms with Gasteiger partial charge in [0.1, 0.15) is 5.75 Å². The molecule has 0 bridgehead atoms. The first-order chi connectivity index (χ1) is 11.0. The van der Waals surface area contributed by atoms with Crippen molar-refractivity contribution in [1.29, 1.82) is 5.26 Å². The van der Waals surface area contributed by atoms with Crippen molar-refractivity contribution in [1.82, 2.24) is 0 Å². The summed E-state index contributed by atoms with van der Waals surface area (Å²) in [6, 6.07) is 7.51. The normalized spacial score (nSPS) is 13.0. The molecule has 0 aliphatic rings. The summed E-state index contributed by atoms with van der Waals surface area (Å²) in [5, 5.41) is 19.1. The third kappa shape index (κ3) is 7.27. The average molecular weight is 340 g/mol. The number of non-ortho nitro benzene ring substituents is 1. The Kier molecular flexibility index (Phi) is 8.31. The molecule has 7 nitrogen and oxygen atoms in total. The van der Waals surface area contributed by atoms with E-state index in [0.717, 1.165) is 19.3 Å². The van der Waals surface area contributed by atoms with Crippen LogP contribution < -0.4 is 4.52 Å². The molecule has 1 aromatic rings. The number of nitro groups is 1. The molecule has 1 unspecified atom stereocenters. The first-order valence-electron chi connectivity index (χ1n) is 7.55. The highest BCUT2D eigenvalue weighted by molar-refractivity contribution is 7.54. The Balaban J connectivity index is 2.56. The van der Waals surface area contributed by atoms with Gasteiger partial charge in [0.15, 0.2) is 0 Å².